The number of carbonyl (C=O) groups is 2. The third-order valence-electron chi connectivity index (χ3n) is 4.48. The first kappa shape index (κ1) is 19.9. The maximum Gasteiger partial charge on any atom is 0.341 e. The molecule has 0 saturated heterocycles. The fourth-order valence-corrected chi connectivity index (χ4v) is 3.97. The van der Waals surface area contributed by atoms with E-state index in [0.29, 0.717) is 28.4 Å². The monoisotopic (exact) mass is 402 g/mol. The lowest BCUT2D eigenvalue weighted by atomic mass is 10.0. The van der Waals surface area contributed by atoms with Gasteiger partial charge in [0.25, 0.3) is 5.91 Å². The molecule has 1 aliphatic heterocycles. The van der Waals surface area contributed by atoms with Crippen LogP contribution < -0.4 is 10.1 Å². The van der Waals surface area contributed by atoms with E-state index in [2.05, 4.69) is 10.5 Å². The summed E-state index contributed by atoms with van der Waals surface area (Å²) in [6.07, 6.45) is -0.470. The van der Waals surface area contributed by atoms with Crippen LogP contribution in [0.15, 0.2) is 29.4 Å². The van der Waals surface area contributed by atoms with Crippen LogP contribution >= 0.6 is 11.3 Å². The second-order valence-electron chi connectivity index (χ2n) is 6.23. The SMILES string of the molecule is CCOC(=O)c1c(NC(=O)C2CC(c3ccccc3OC)=NO2)sc(C)c1C. The summed E-state index contributed by atoms with van der Waals surface area (Å²) in [5, 5.41) is 7.32. The molecular weight excluding hydrogens is 380 g/mol. The highest BCUT2D eigenvalue weighted by atomic mass is 32.1. The summed E-state index contributed by atoms with van der Waals surface area (Å²) in [5.41, 5.74) is 2.62. The van der Waals surface area contributed by atoms with Crippen LogP contribution in [-0.4, -0.2) is 37.4 Å². The van der Waals surface area contributed by atoms with Crippen LogP contribution in [0.4, 0.5) is 5.00 Å². The number of oxime groups is 1. The minimum absolute atomic E-state index is 0.266. The predicted molar refractivity (Wildman–Crippen MR) is 107 cm³/mol. The zero-order valence-electron chi connectivity index (χ0n) is 16.2. The minimum atomic E-state index is -0.780. The van der Waals surface area contributed by atoms with Gasteiger partial charge in [0, 0.05) is 16.9 Å². The van der Waals surface area contributed by atoms with E-state index in [0.717, 1.165) is 16.0 Å². The van der Waals surface area contributed by atoms with E-state index in [9.17, 15) is 9.59 Å². The standard InChI is InChI=1S/C20H22N2O5S/c1-5-26-20(24)17-11(2)12(3)28-19(17)21-18(23)16-10-14(22-27-16)13-8-6-7-9-15(13)25-4/h6-9,16H,5,10H2,1-4H3,(H,21,23). The lowest BCUT2D eigenvalue weighted by molar-refractivity contribution is -0.125. The maximum atomic E-state index is 12.7. The Morgan fingerprint density at radius 2 is 2.07 bits per heavy atom. The first-order chi connectivity index (χ1) is 13.5. The molecule has 7 nitrogen and oxygen atoms in total. The Balaban J connectivity index is 1.74. The number of ether oxygens (including phenoxy) is 2. The average molecular weight is 402 g/mol. The van der Waals surface area contributed by atoms with Crippen LogP contribution in [0.25, 0.3) is 0 Å². The molecule has 0 aliphatic carbocycles. The van der Waals surface area contributed by atoms with Gasteiger partial charge in [-0.1, -0.05) is 17.3 Å². The summed E-state index contributed by atoms with van der Waals surface area (Å²) < 4.78 is 10.5. The molecule has 2 heterocycles. The Hall–Kier alpha value is -2.87. The van der Waals surface area contributed by atoms with Gasteiger partial charge in [-0.05, 0) is 38.5 Å². The number of carbonyl (C=O) groups excluding carboxylic acids is 2. The molecule has 28 heavy (non-hydrogen) atoms. The van der Waals surface area contributed by atoms with E-state index >= 15 is 0 Å². The van der Waals surface area contributed by atoms with Crippen molar-refractivity contribution in [2.45, 2.75) is 33.3 Å². The third kappa shape index (κ3) is 3.87. The molecule has 2 aromatic rings. The number of methoxy groups -OCH3 is 1. The van der Waals surface area contributed by atoms with E-state index < -0.39 is 12.1 Å². The number of anilines is 1. The Morgan fingerprint density at radius 1 is 1.32 bits per heavy atom. The first-order valence-corrected chi connectivity index (χ1v) is 9.71. The van der Waals surface area contributed by atoms with Crippen LogP contribution in [-0.2, 0) is 14.4 Å². The molecule has 1 aromatic heterocycles. The quantitative estimate of drug-likeness (QED) is 0.745. The van der Waals surface area contributed by atoms with Crippen molar-refractivity contribution in [2.75, 3.05) is 19.0 Å². The summed E-state index contributed by atoms with van der Waals surface area (Å²) in [6.45, 7) is 5.74. The van der Waals surface area contributed by atoms with Gasteiger partial charge in [-0.2, -0.15) is 0 Å². The smallest absolute Gasteiger partial charge is 0.341 e. The largest absolute Gasteiger partial charge is 0.496 e. The van der Waals surface area contributed by atoms with Gasteiger partial charge in [0.2, 0.25) is 6.10 Å². The second kappa shape index (κ2) is 8.43. The Morgan fingerprint density at radius 3 is 2.79 bits per heavy atom. The third-order valence-corrected chi connectivity index (χ3v) is 5.60. The summed E-state index contributed by atoms with van der Waals surface area (Å²) in [7, 11) is 1.58. The van der Waals surface area contributed by atoms with Crippen molar-refractivity contribution < 1.29 is 23.9 Å². The summed E-state index contributed by atoms with van der Waals surface area (Å²) in [6, 6.07) is 7.43. The van der Waals surface area contributed by atoms with Crippen molar-refractivity contribution >= 4 is 33.9 Å². The molecule has 0 fully saturated rings. The molecule has 1 N–H and O–H groups in total. The number of amides is 1. The summed E-state index contributed by atoms with van der Waals surface area (Å²) in [4.78, 5) is 31.3. The number of aryl methyl sites for hydroxylation is 1. The Labute approximate surface area is 167 Å². The van der Waals surface area contributed by atoms with Crippen LogP contribution in [0.3, 0.4) is 0 Å². The molecule has 8 heteroatoms. The van der Waals surface area contributed by atoms with Gasteiger partial charge in [0.15, 0.2) is 0 Å². The van der Waals surface area contributed by atoms with Crippen molar-refractivity contribution in [3.05, 3.63) is 45.8 Å². The zero-order chi connectivity index (χ0) is 20.3. The first-order valence-electron chi connectivity index (χ1n) is 8.90. The number of nitrogens with zero attached hydrogens (tertiary/aromatic N) is 1. The molecule has 0 radical (unpaired) electrons. The Kier molecular flexibility index (Phi) is 5.99. The minimum Gasteiger partial charge on any atom is -0.496 e. The van der Waals surface area contributed by atoms with E-state index in [4.69, 9.17) is 14.3 Å². The van der Waals surface area contributed by atoms with Gasteiger partial charge in [0.05, 0.1) is 25.0 Å². The second-order valence-corrected chi connectivity index (χ2v) is 7.46. The molecule has 1 unspecified atom stereocenters. The molecule has 3 rings (SSSR count). The lowest BCUT2D eigenvalue weighted by Gasteiger charge is -2.10. The van der Waals surface area contributed by atoms with Crippen LogP contribution in [0.5, 0.6) is 5.75 Å². The number of nitrogens with one attached hydrogen (secondary N) is 1. The highest BCUT2D eigenvalue weighted by Crippen LogP contribution is 2.34. The van der Waals surface area contributed by atoms with E-state index in [-0.39, 0.29) is 12.5 Å². The van der Waals surface area contributed by atoms with Gasteiger partial charge in [-0.15, -0.1) is 11.3 Å². The van der Waals surface area contributed by atoms with Gasteiger partial charge < -0.3 is 19.6 Å². The molecule has 1 amide bonds. The van der Waals surface area contributed by atoms with Crippen molar-refractivity contribution in [1.82, 2.24) is 0 Å². The van der Waals surface area contributed by atoms with Gasteiger partial charge in [-0.3, -0.25) is 4.79 Å². The molecule has 0 bridgehead atoms. The van der Waals surface area contributed by atoms with Gasteiger partial charge in [-0.25, -0.2) is 4.79 Å². The highest BCUT2D eigenvalue weighted by Gasteiger charge is 2.32. The van der Waals surface area contributed by atoms with Crippen molar-refractivity contribution in [3.8, 4) is 5.75 Å². The molecule has 0 spiro atoms. The molecule has 148 valence electrons. The summed E-state index contributed by atoms with van der Waals surface area (Å²) in [5.74, 6) is -0.140. The number of benzene rings is 1. The van der Waals surface area contributed by atoms with E-state index in [1.54, 1.807) is 14.0 Å². The van der Waals surface area contributed by atoms with Gasteiger partial charge >= 0.3 is 5.97 Å². The van der Waals surface area contributed by atoms with Crippen LogP contribution in [0.2, 0.25) is 0 Å². The van der Waals surface area contributed by atoms with Crippen molar-refractivity contribution in [3.63, 3.8) is 0 Å². The fourth-order valence-electron chi connectivity index (χ4n) is 2.92. The van der Waals surface area contributed by atoms with Gasteiger partial charge in [0.1, 0.15) is 10.8 Å². The van der Waals surface area contributed by atoms with Crippen molar-refractivity contribution in [1.29, 1.82) is 0 Å². The number of hydrogen-bond donors (Lipinski definition) is 1. The number of esters is 1. The average Bonchev–Trinajstić information content (AvgIpc) is 3.27. The molecule has 1 atom stereocenters. The number of thiophene rings is 1. The van der Waals surface area contributed by atoms with E-state index in [1.165, 1.54) is 11.3 Å². The van der Waals surface area contributed by atoms with E-state index in [1.807, 2.05) is 38.1 Å². The fraction of sp³-hybridized carbons (Fsp3) is 0.350. The van der Waals surface area contributed by atoms with Crippen LogP contribution in [0.1, 0.15) is 39.7 Å². The summed E-state index contributed by atoms with van der Waals surface area (Å²) >= 11 is 1.34. The highest BCUT2D eigenvalue weighted by molar-refractivity contribution is 7.16. The molecule has 1 aliphatic rings. The van der Waals surface area contributed by atoms with Crippen molar-refractivity contribution in [2.24, 2.45) is 5.16 Å². The normalized spacial score (nSPS) is 15.6. The van der Waals surface area contributed by atoms with Crippen LogP contribution in [0, 0.1) is 13.8 Å². The topological polar surface area (TPSA) is 86.2 Å². The number of hydrogen-bond acceptors (Lipinski definition) is 7. The lowest BCUT2D eigenvalue weighted by Crippen LogP contribution is -2.28. The molecular formula is C20H22N2O5S. The Bertz CT molecular complexity index is 935. The number of para-hydroxylation sites is 1. The number of rotatable bonds is 6. The maximum absolute atomic E-state index is 12.7. The molecule has 1 aromatic carbocycles. The zero-order valence-corrected chi connectivity index (χ0v) is 17.0. The molecule has 0 saturated carbocycles. The predicted octanol–water partition coefficient (Wildman–Crippen LogP) is 3.68.